The second-order valence-corrected chi connectivity index (χ2v) is 7.08. The minimum Gasteiger partial charge on any atom is -0.357 e. The third-order valence-corrected chi connectivity index (χ3v) is 5.73. The van der Waals surface area contributed by atoms with Crippen molar-refractivity contribution in [2.45, 2.75) is 65.5 Å². The van der Waals surface area contributed by atoms with Gasteiger partial charge in [0, 0.05) is 31.7 Å². The van der Waals surface area contributed by atoms with E-state index >= 15 is 0 Å². The van der Waals surface area contributed by atoms with E-state index in [1.54, 1.807) is 0 Å². The van der Waals surface area contributed by atoms with E-state index in [4.69, 9.17) is 4.99 Å². The Morgan fingerprint density at radius 1 is 1.08 bits per heavy atom. The number of hydrogen-bond donors (Lipinski definition) is 1. The Hall–Kier alpha value is -0.810. The first-order chi connectivity index (χ1) is 11.7. The Kier molecular flexibility index (Phi) is 8.33. The van der Waals surface area contributed by atoms with Crippen LogP contribution in [-0.4, -0.2) is 85.1 Å². The van der Waals surface area contributed by atoms with E-state index in [1.165, 1.54) is 32.2 Å². The van der Waals surface area contributed by atoms with Gasteiger partial charge in [0.25, 0.3) is 0 Å². The molecule has 0 saturated carbocycles. The number of likely N-dealkylation sites (tertiary alicyclic amines) is 2. The van der Waals surface area contributed by atoms with Crippen LogP contribution in [0.25, 0.3) is 0 Å². The summed E-state index contributed by atoms with van der Waals surface area (Å²) < 4.78 is 0. The van der Waals surface area contributed by atoms with E-state index in [1.807, 2.05) is 0 Å². The molecule has 5 heteroatoms. The molecule has 0 radical (unpaired) electrons. The van der Waals surface area contributed by atoms with E-state index in [0.29, 0.717) is 12.1 Å². The molecule has 2 saturated heterocycles. The van der Waals surface area contributed by atoms with Crippen molar-refractivity contribution in [3.63, 3.8) is 0 Å². The van der Waals surface area contributed by atoms with Crippen LogP contribution in [0.5, 0.6) is 0 Å². The van der Waals surface area contributed by atoms with Crippen molar-refractivity contribution < 1.29 is 0 Å². The fraction of sp³-hybridized carbons (Fsp3) is 0.947. The fourth-order valence-corrected chi connectivity index (χ4v) is 4.27. The van der Waals surface area contributed by atoms with Gasteiger partial charge in [0.15, 0.2) is 5.96 Å². The zero-order valence-electron chi connectivity index (χ0n) is 16.4. The van der Waals surface area contributed by atoms with Crippen molar-refractivity contribution in [3.8, 4) is 0 Å². The molecule has 2 atom stereocenters. The van der Waals surface area contributed by atoms with Gasteiger partial charge in [0.05, 0.1) is 6.54 Å². The number of piperidine rings is 1. The number of hydrogen-bond acceptors (Lipinski definition) is 3. The molecule has 0 aromatic heterocycles. The maximum Gasteiger partial charge on any atom is 0.194 e. The summed E-state index contributed by atoms with van der Waals surface area (Å²) in [4.78, 5) is 12.7. The molecule has 0 amide bonds. The first-order valence-electron chi connectivity index (χ1n) is 10.2. The molecule has 1 N–H and O–H groups in total. The lowest BCUT2D eigenvalue weighted by Gasteiger charge is -2.34. The summed E-state index contributed by atoms with van der Waals surface area (Å²) in [5.41, 5.74) is 0. The summed E-state index contributed by atoms with van der Waals surface area (Å²) in [5.74, 6) is 1.13. The summed E-state index contributed by atoms with van der Waals surface area (Å²) >= 11 is 0. The largest absolute Gasteiger partial charge is 0.357 e. The molecular formula is C19H39N5. The van der Waals surface area contributed by atoms with Crippen LogP contribution in [0.3, 0.4) is 0 Å². The quantitative estimate of drug-likeness (QED) is 0.571. The molecule has 2 aliphatic rings. The van der Waals surface area contributed by atoms with Crippen molar-refractivity contribution in [3.05, 3.63) is 0 Å². The van der Waals surface area contributed by atoms with Crippen LogP contribution in [-0.2, 0) is 0 Å². The van der Waals surface area contributed by atoms with E-state index < -0.39 is 0 Å². The van der Waals surface area contributed by atoms with E-state index in [9.17, 15) is 0 Å². The van der Waals surface area contributed by atoms with Crippen LogP contribution >= 0.6 is 0 Å². The monoisotopic (exact) mass is 337 g/mol. The van der Waals surface area contributed by atoms with Crippen LogP contribution in [0.2, 0.25) is 0 Å². The maximum absolute atomic E-state index is 5.03. The Balaban J connectivity index is 1.95. The van der Waals surface area contributed by atoms with Gasteiger partial charge in [-0.05, 0) is 52.4 Å². The second-order valence-electron chi connectivity index (χ2n) is 7.08. The molecule has 2 unspecified atom stereocenters. The van der Waals surface area contributed by atoms with Crippen LogP contribution in [0.1, 0.15) is 53.4 Å². The average Bonchev–Trinajstić information content (AvgIpc) is 3.09. The molecule has 2 rings (SSSR count). The average molecular weight is 338 g/mol. The van der Waals surface area contributed by atoms with Crippen LogP contribution in [0, 0.1) is 0 Å². The predicted octanol–water partition coefficient (Wildman–Crippen LogP) is 2.24. The maximum atomic E-state index is 5.03. The normalized spacial score (nSPS) is 26.4. The summed E-state index contributed by atoms with van der Waals surface area (Å²) in [7, 11) is 0. The molecule has 0 bridgehead atoms. The van der Waals surface area contributed by atoms with Gasteiger partial charge >= 0.3 is 0 Å². The number of guanidine groups is 1. The molecule has 2 aliphatic heterocycles. The number of rotatable bonds is 7. The van der Waals surface area contributed by atoms with E-state index in [2.05, 4.69) is 47.7 Å². The van der Waals surface area contributed by atoms with Crippen molar-refractivity contribution in [1.82, 2.24) is 20.0 Å². The molecule has 2 heterocycles. The highest BCUT2D eigenvalue weighted by atomic mass is 15.3. The lowest BCUT2D eigenvalue weighted by Crippen LogP contribution is -2.45. The third kappa shape index (κ3) is 5.09. The third-order valence-electron chi connectivity index (χ3n) is 5.73. The Bertz CT molecular complexity index is 380. The molecule has 0 aromatic carbocycles. The molecule has 0 aliphatic carbocycles. The zero-order valence-corrected chi connectivity index (χ0v) is 16.4. The van der Waals surface area contributed by atoms with Gasteiger partial charge < -0.3 is 10.2 Å². The van der Waals surface area contributed by atoms with Gasteiger partial charge in [-0.2, -0.15) is 0 Å². The van der Waals surface area contributed by atoms with E-state index in [-0.39, 0.29) is 0 Å². The molecule has 0 spiro atoms. The Labute approximate surface area is 149 Å². The number of likely N-dealkylation sites (N-methyl/N-ethyl adjacent to an activating group) is 2. The summed E-state index contributed by atoms with van der Waals surface area (Å²) in [5, 5.41) is 3.53. The van der Waals surface area contributed by atoms with Crippen molar-refractivity contribution in [2.24, 2.45) is 4.99 Å². The van der Waals surface area contributed by atoms with Gasteiger partial charge in [-0.1, -0.05) is 27.2 Å². The summed E-state index contributed by atoms with van der Waals surface area (Å²) in [6, 6.07) is 1.32. The highest BCUT2D eigenvalue weighted by Crippen LogP contribution is 2.18. The van der Waals surface area contributed by atoms with Crippen LogP contribution in [0.4, 0.5) is 0 Å². The van der Waals surface area contributed by atoms with Gasteiger partial charge in [-0.25, -0.2) is 0 Å². The summed E-state index contributed by atoms with van der Waals surface area (Å²) in [6.45, 7) is 17.9. The van der Waals surface area contributed by atoms with Gasteiger partial charge in [0.2, 0.25) is 0 Å². The molecule has 140 valence electrons. The molecule has 2 fully saturated rings. The van der Waals surface area contributed by atoms with Crippen LogP contribution < -0.4 is 5.32 Å². The minimum atomic E-state index is 0.638. The first-order valence-corrected chi connectivity index (χ1v) is 10.2. The highest BCUT2D eigenvalue weighted by molar-refractivity contribution is 5.80. The van der Waals surface area contributed by atoms with E-state index in [0.717, 1.165) is 51.8 Å². The van der Waals surface area contributed by atoms with Crippen molar-refractivity contribution in [1.29, 1.82) is 0 Å². The highest BCUT2D eigenvalue weighted by Gasteiger charge is 2.28. The second kappa shape index (κ2) is 10.2. The van der Waals surface area contributed by atoms with Gasteiger partial charge in [-0.3, -0.25) is 14.8 Å². The first kappa shape index (κ1) is 19.5. The standard InChI is InChI=1S/C19H39N5/c1-5-20-19(21-15-17-11-9-10-13-23(17)8-4)24-14-12-18(16-24)22(6-2)7-3/h17-18H,5-16H2,1-4H3,(H,20,21). The zero-order chi connectivity index (χ0) is 17.4. The number of nitrogens with one attached hydrogen (secondary N) is 1. The van der Waals surface area contributed by atoms with Crippen molar-refractivity contribution >= 4 is 5.96 Å². The number of aliphatic imine (C=N–C) groups is 1. The van der Waals surface area contributed by atoms with Crippen LogP contribution in [0.15, 0.2) is 4.99 Å². The molecule has 5 nitrogen and oxygen atoms in total. The smallest absolute Gasteiger partial charge is 0.194 e. The minimum absolute atomic E-state index is 0.638. The number of nitrogens with zero attached hydrogens (tertiary/aromatic N) is 4. The lowest BCUT2D eigenvalue weighted by atomic mass is 10.0. The SMILES string of the molecule is CCNC(=NCC1CCCCN1CC)N1CCC(N(CC)CC)C1. The topological polar surface area (TPSA) is 34.1 Å². The van der Waals surface area contributed by atoms with Gasteiger partial charge in [-0.15, -0.1) is 0 Å². The Morgan fingerprint density at radius 3 is 2.54 bits per heavy atom. The molecule has 24 heavy (non-hydrogen) atoms. The Morgan fingerprint density at radius 2 is 1.88 bits per heavy atom. The molecule has 0 aromatic rings. The fourth-order valence-electron chi connectivity index (χ4n) is 4.27. The lowest BCUT2D eigenvalue weighted by molar-refractivity contribution is 0.161. The summed E-state index contributed by atoms with van der Waals surface area (Å²) in [6.07, 6.45) is 5.28. The predicted molar refractivity (Wildman–Crippen MR) is 104 cm³/mol. The van der Waals surface area contributed by atoms with Crippen molar-refractivity contribution in [2.75, 3.05) is 52.4 Å². The van der Waals surface area contributed by atoms with Gasteiger partial charge in [0.1, 0.15) is 0 Å². The molecular weight excluding hydrogens is 298 g/mol.